The minimum atomic E-state index is -1.08. The fraction of sp³-hybridized carbons (Fsp3) is 0.667. The van der Waals surface area contributed by atoms with Crippen LogP contribution < -0.4 is 5.32 Å². The molecule has 16 heavy (non-hydrogen) atoms. The molecule has 92 valence electrons. The standard InChI is InChI=1S/C9H16N2O5/c1-4-16-7(13)6(11-15)10-8(14)9(2,3)5-12/h12,15H,4-5H2,1-3H3,(H,10,11,14). The fourth-order valence-corrected chi connectivity index (χ4v) is 0.665. The summed E-state index contributed by atoms with van der Waals surface area (Å²) >= 11 is 0. The third-order valence-electron chi connectivity index (χ3n) is 1.81. The van der Waals surface area contributed by atoms with Gasteiger partial charge in [0.25, 0.3) is 5.84 Å². The van der Waals surface area contributed by atoms with Crippen molar-refractivity contribution in [3.8, 4) is 0 Å². The molecule has 0 aliphatic carbocycles. The quantitative estimate of drug-likeness (QED) is 0.199. The van der Waals surface area contributed by atoms with Crippen LogP contribution in [0.5, 0.6) is 0 Å². The Kier molecular flexibility index (Phi) is 5.44. The van der Waals surface area contributed by atoms with Gasteiger partial charge in [-0.05, 0) is 20.8 Å². The smallest absolute Gasteiger partial charge is 0.377 e. The Hall–Kier alpha value is -1.63. The van der Waals surface area contributed by atoms with Gasteiger partial charge in [0.05, 0.1) is 18.6 Å². The van der Waals surface area contributed by atoms with Crippen LogP contribution in [0, 0.1) is 5.41 Å². The third kappa shape index (κ3) is 3.85. The van der Waals surface area contributed by atoms with Crippen molar-refractivity contribution in [1.29, 1.82) is 0 Å². The van der Waals surface area contributed by atoms with E-state index in [0.29, 0.717) is 0 Å². The molecule has 0 heterocycles. The molecule has 0 aliphatic rings. The molecule has 0 aromatic carbocycles. The Labute approximate surface area is 93.1 Å². The average molecular weight is 232 g/mol. The van der Waals surface area contributed by atoms with Crippen LogP contribution in [0.2, 0.25) is 0 Å². The van der Waals surface area contributed by atoms with Crippen LogP contribution in [0.3, 0.4) is 0 Å². The van der Waals surface area contributed by atoms with E-state index in [0.717, 1.165) is 0 Å². The summed E-state index contributed by atoms with van der Waals surface area (Å²) in [5.74, 6) is -2.18. The van der Waals surface area contributed by atoms with Gasteiger partial charge in [0.2, 0.25) is 5.91 Å². The van der Waals surface area contributed by atoms with Gasteiger partial charge in [-0.15, -0.1) is 0 Å². The number of rotatable bonds is 3. The molecule has 0 saturated heterocycles. The van der Waals surface area contributed by atoms with Crippen molar-refractivity contribution in [2.24, 2.45) is 10.6 Å². The van der Waals surface area contributed by atoms with Crippen LogP contribution in [0.25, 0.3) is 0 Å². The van der Waals surface area contributed by atoms with E-state index in [1.54, 1.807) is 6.92 Å². The highest BCUT2D eigenvalue weighted by molar-refractivity contribution is 6.38. The van der Waals surface area contributed by atoms with Crippen LogP contribution in [0.15, 0.2) is 5.16 Å². The van der Waals surface area contributed by atoms with Gasteiger partial charge in [0.15, 0.2) is 0 Å². The van der Waals surface area contributed by atoms with Crippen LogP contribution in [0.4, 0.5) is 0 Å². The number of aliphatic hydroxyl groups excluding tert-OH is 1. The lowest BCUT2D eigenvalue weighted by Crippen LogP contribution is -2.45. The Balaban J connectivity index is 4.58. The van der Waals surface area contributed by atoms with Gasteiger partial charge in [-0.25, -0.2) is 4.79 Å². The van der Waals surface area contributed by atoms with Crippen LogP contribution in [-0.4, -0.2) is 41.2 Å². The predicted octanol–water partition coefficient (Wildman–Crippen LogP) is -0.528. The van der Waals surface area contributed by atoms with E-state index < -0.39 is 29.7 Å². The van der Waals surface area contributed by atoms with E-state index >= 15 is 0 Å². The number of aliphatic hydroxyl groups is 1. The number of amidine groups is 1. The number of amides is 1. The van der Waals surface area contributed by atoms with Crippen molar-refractivity contribution < 1.29 is 24.6 Å². The van der Waals surface area contributed by atoms with Gasteiger partial charge in [-0.3, -0.25) is 4.79 Å². The van der Waals surface area contributed by atoms with Gasteiger partial charge < -0.3 is 20.4 Å². The number of hydrogen-bond donors (Lipinski definition) is 3. The predicted molar refractivity (Wildman–Crippen MR) is 54.9 cm³/mol. The number of hydrogen-bond acceptors (Lipinski definition) is 6. The van der Waals surface area contributed by atoms with Crippen LogP contribution in [-0.2, 0) is 14.3 Å². The largest absolute Gasteiger partial charge is 0.460 e. The summed E-state index contributed by atoms with van der Waals surface area (Å²) in [6, 6.07) is 0. The van der Waals surface area contributed by atoms with Crippen molar-refractivity contribution in [3.05, 3.63) is 0 Å². The van der Waals surface area contributed by atoms with Gasteiger partial charge in [-0.1, -0.05) is 5.16 Å². The minimum absolute atomic E-state index is 0.0944. The van der Waals surface area contributed by atoms with E-state index in [1.807, 2.05) is 0 Å². The Morgan fingerprint density at radius 1 is 1.44 bits per heavy atom. The minimum Gasteiger partial charge on any atom is -0.460 e. The highest BCUT2D eigenvalue weighted by Crippen LogP contribution is 2.13. The summed E-state index contributed by atoms with van der Waals surface area (Å²) < 4.78 is 4.54. The van der Waals surface area contributed by atoms with Gasteiger partial charge in [0, 0.05) is 0 Å². The van der Waals surface area contributed by atoms with E-state index in [1.165, 1.54) is 13.8 Å². The molecule has 0 aliphatic heterocycles. The van der Waals surface area contributed by atoms with E-state index in [-0.39, 0.29) is 6.61 Å². The van der Waals surface area contributed by atoms with Gasteiger partial charge >= 0.3 is 5.97 Å². The summed E-state index contributed by atoms with van der Waals surface area (Å²) in [7, 11) is 0. The van der Waals surface area contributed by atoms with E-state index in [2.05, 4.69) is 15.2 Å². The molecule has 0 unspecified atom stereocenters. The molecule has 1 amide bonds. The number of esters is 1. The van der Waals surface area contributed by atoms with Crippen molar-refractivity contribution in [1.82, 2.24) is 5.32 Å². The molecular formula is C9H16N2O5. The molecule has 7 nitrogen and oxygen atoms in total. The SMILES string of the molecule is CCOC(=O)/C(=N\O)NC(=O)C(C)(C)CO. The Morgan fingerprint density at radius 2 is 2.00 bits per heavy atom. The average Bonchev–Trinajstić information content (AvgIpc) is 2.25. The lowest BCUT2D eigenvalue weighted by atomic mass is 9.94. The first-order valence-electron chi connectivity index (χ1n) is 4.70. The maximum absolute atomic E-state index is 11.5. The summed E-state index contributed by atoms with van der Waals surface area (Å²) in [6.45, 7) is 4.22. The van der Waals surface area contributed by atoms with E-state index in [9.17, 15) is 9.59 Å². The molecule has 0 aromatic heterocycles. The van der Waals surface area contributed by atoms with Gasteiger partial charge in [-0.2, -0.15) is 0 Å². The molecule has 0 spiro atoms. The molecule has 0 aromatic rings. The number of carbonyl (C=O) groups excluding carboxylic acids is 2. The summed E-state index contributed by atoms with van der Waals surface area (Å²) in [4.78, 5) is 22.6. The lowest BCUT2D eigenvalue weighted by Gasteiger charge is -2.20. The molecule has 0 rings (SSSR count). The topological polar surface area (TPSA) is 108 Å². The zero-order valence-corrected chi connectivity index (χ0v) is 9.48. The number of carbonyl (C=O) groups is 2. The number of ether oxygens (including phenoxy) is 1. The summed E-state index contributed by atoms with van der Waals surface area (Å²) in [5, 5.41) is 22.1. The maximum Gasteiger partial charge on any atom is 0.377 e. The second-order valence-electron chi connectivity index (χ2n) is 3.67. The Bertz CT molecular complexity index is 298. The van der Waals surface area contributed by atoms with Crippen molar-refractivity contribution >= 4 is 17.7 Å². The number of nitrogens with one attached hydrogen (secondary N) is 1. The number of nitrogens with zero attached hydrogens (tertiary/aromatic N) is 1. The first kappa shape index (κ1) is 14.4. The normalized spacial score (nSPS) is 12.1. The third-order valence-corrected chi connectivity index (χ3v) is 1.81. The molecule has 0 bridgehead atoms. The zero-order valence-electron chi connectivity index (χ0n) is 9.48. The molecule has 0 atom stereocenters. The van der Waals surface area contributed by atoms with Crippen LogP contribution >= 0.6 is 0 Å². The first-order chi connectivity index (χ1) is 7.38. The molecular weight excluding hydrogens is 216 g/mol. The van der Waals surface area contributed by atoms with Gasteiger partial charge in [0.1, 0.15) is 0 Å². The maximum atomic E-state index is 11.5. The molecule has 0 radical (unpaired) electrons. The highest BCUT2D eigenvalue weighted by atomic mass is 16.5. The fourth-order valence-electron chi connectivity index (χ4n) is 0.665. The van der Waals surface area contributed by atoms with Crippen molar-refractivity contribution in [2.45, 2.75) is 20.8 Å². The molecule has 7 heteroatoms. The summed E-state index contributed by atoms with van der Waals surface area (Å²) in [6.07, 6.45) is 0. The zero-order chi connectivity index (χ0) is 12.8. The molecule has 3 N–H and O–H groups in total. The summed E-state index contributed by atoms with van der Waals surface area (Å²) in [5.41, 5.74) is -1.08. The lowest BCUT2D eigenvalue weighted by molar-refractivity contribution is -0.137. The first-order valence-corrected chi connectivity index (χ1v) is 4.70. The van der Waals surface area contributed by atoms with Crippen molar-refractivity contribution in [2.75, 3.05) is 13.2 Å². The second kappa shape index (κ2) is 6.06. The Morgan fingerprint density at radius 3 is 2.38 bits per heavy atom. The second-order valence-corrected chi connectivity index (χ2v) is 3.67. The van der Waals surface area contributed by atoms with Crippen molar-refractivity contribution in [3.63, 3.8) is 0 Å². The number of oxime groups is 1. The highest BCUT2D eigenvalue weighted by Gasteiger charge is 2.29. The monoisotopic (exact) mass is 232 g/mol. The molecule has 0 saturated carbocycles. The van der Waals surface area contributed by atoms with E-state index in [4.69, 9.17) is 10.3 Å². The van der Waals surface area contributed by atoms with Crippen LogP contribution in [0.1, 0.15) is 20.8 Å². The molecule has 0 fully saturated rings.